The van der Waals surface area contributed by atoms with Gasteiger partial charge in [-0.05, 0) is 27.7 Å². The van der Waals surface area contributed by atoms with Gasteiger partial charge in [0.25, 0.3) is 0 Å². The predicted molar refractivity (Wildman–Crippen MR) is 47.6 cm³/mol. The first-order chi connectivity index (χ1) is 5.57. The molecule has 5 heteroatoms. The topological polar surface area (TPSA) is 95.4 Å². The van der Waals surface area contributed by atoms with Gasteiger partial charge in [0.1, 0.15) is 5.60 Å². The minimum absolute atomic E-state index is 0.673. The second-order valence-electron chi connectivity index (χ2n) is 4.07. The molecule has 0 fully saturated rings. The van der Waals surface area contributed by atoms with E-state index < -0.39 is 23.0 Å². The lowest BCUT2D eigenvalue weighted by Crippen LogP contribution is -2.57. The van der Waals surface area contributed by atoms with Crippen LogP contribution in [0.3, 0.4) is 0 Å². The van der Waals surface area contributed by atoms with Crippen molar-refractivity contribution in [3.05, 3.63) is 0 Å². The Balaban J connectivity index is 4.53. The van der Waals surface area contributed by atoms with Crippen LogP contribution in [-0.4, -0.2) is 23.0 Å². The monoisotopic (exact) mass is 188 g/mol. The maximum Gasteiger partial charge on any atom is 0.336 e. The van der Waals surface area contributed by atoms with Crippen LogP contribution in [-0.2, 0) is 14.3 Å². The summed E-state index contributed by atoms with van der Waals surface area (Å²) >= 11 is 0. The fourth-order valence-corrected chi connectivity index (χ4v) is 0.485. The summed E-state index contributed by atoms with van der Waals surface area (Å²) in [4.78, 5) is 22.0. The van der Waals surface area contributed by atoms with Crippen molar-refractivity contribution >= 4 is 11.9 Å². The van der Waals surface area contributed by atoms with Gasteiger partial charge in [-0.3, -0.25) is 4.79 Å². The largest absolute Gasteiger partial charge is 0.458 e. The minimum Gasteiger partial charge on any atom is -0.458 e. The molecule has 0 bridgehead atoms. The predicted octanol–water partition coefficient (Wildman–Crippen LogP) is -0.469. The molecule has 0 saturated heterocycles. The number of nitrogens with two attached hydrogens (primary N) is 2. The molecule has 0 aliphatic heterocycles. The number of hydrogen-bond acceptors (Lipinski definition) is 4. The molecule has 0 rings (SSSR count). The highest BCUT2D eigenvalue weighted by atomic mass is 16.6. The smallest absolute Gasteiger partial charge is 0.336 e. The molecular formula is C8H16N2O3. The molecule has 0 radical (unpaired) electrons. The number of carbonyl (C=O) groups is 2. The standard InChI is InChI=1S/C8H16N2O3/c1-7(2,3)13-6(12)8(4,10)5(9)11/h10H2,1-4H3,(H2,9,11)/t8-/m0/s1. The lowest BCUT2D eigenvalue weighted by molar-refractivity contribution is -0.163. The lowest BCUT2D eigenvalue weighted by Gasteiger charge is -2.25. The second kappa shape index (κ2) is 3.33. The van der Waals surface area contributed by atoms with Crippen LogP contribution in [0.5, 0.6) is 0 Å². The highest BCUT2D eigenvalue weighted by Crippen LogP contribution is 2.12. The molecular weight excluding hydrogens is 172 g/mol. The maximum absolute atomic E-state index is 11.3. The molecule has 0 heterocycles. The Morgan fingerprint density at radius 2 is 1.54 bits per heavy atom. The molecule has 13 heavy (non-hydrogen) atoms. The first kappa shape index (κ1) is 11.9. The van der Waals surface area contributed by atoms with Crippen molar-refractivity contribution in [2.75, 3.05) is 0 Å². The van der Waals surface area contributed by atoms with Gasteiger partial charge in [-0.15, -0.1) is 0 Å². The summed E-state index contributed by atoms with van der Waals surface area (Å²) in [5.41, 5.74) is 7.86. The molecule has 0 spiro atoms. The normalized spacial score (nSPS) is 16.1. The zero-order chi connectivity index (χ0) is 10.9. The summed E-state index contributed by atoms with van der Waals surface area (Å²) in [6.45, 7) is 6.27. The summed E-state index contributed by atoms with van der Waals surface area (Å²) in [5.74, 6) is -1.71. The maximum atomic E-state index is 11.3. The third-order valence-corrected chi connectivity index (χ3v) is 1.33. The Morgan fingerprint density at radius 1 is 1.15 bits per heavy atom. The molecule has 1 atom stereocenters. The van der Waals surface area contributed by atoms with Gasteiger partial charge < -0.3 is 16.2 Å². The Bertz CT molecular complexity index is 228. The number of carbonyl (C=O) groups excluding carboxylic acids is 2. The van der Waals surface area contributed by atoms with E-state index in [1.807, 2.05) is 0 Å². The van der Waals surface area contributed by atoms with Crippen LogP contribution in [0.2, 0.25) is 0 Å². The Kier molecular flexibility index (Phi) is 3.05. The summed E-state index contributed by atoms with van der Waals surface area (Å²) < 4.78 is 4.90. The number of hydrogen-bond donors (Lipinski definition) is 2. The molecule has 0 aliphatic carbocycles. The van der Waals surface area contributed by atoms with Crippen molar-refractivity contribution in [2.45, 2.75) is 38.8 Å². The van der Waals surface area contributed by atoms with Crippen molar-refractivity contribution in [3.8, 4) is 0 Å². The fraction of sp³-hybridized carbons (Fsp3) is 0.750. The van der Waals surface area contributed by atoms with Gasteiger partial charge in [0.15, 0.2) is 5.54 Å². The molecule has 1 amide bonds. The van der Waals surface area contributed by atoms with Crippen molar-refractivity contribution in [2.24, 2.45) is 11.5 Å². The average molecular weight is 188 g/mol. The van der Waals surface area contributed by atoms with Gasteiger partial charge in [0.2, 0.25) is 5.91 Å². The van der Waals surface area contributed by atoms with E-state index in [4.69, 9.17) is 16.2 Å². The molecule has 0 aromatic rings. The summed E-state index contributed by atoms with van der Waals surface area (Å²) in [5, 5.41) is 0. The molecule has 0 aromatic carbocycles. The van der Waals surface area contributed by atoms with E-state index in [1.165, 1.54) is 6.92 Å². The van der Waals surface area contributed by atoms with Gasteiger partial charge >= 0.3 is 5.97 Å². The third-order valence-electron chi connectivity index (χ3n) is 1.33. The number of ether oxygens (including phenoxy) is 1. The second-order valence-corrected chi connectivity index (χ2v) is 4.07. The van der Waals surface area contributed by atoms with Gasteiger partial charge in [-0.25, -0.2) is 4.79 Å². The van der Waals surface area contributed by atoms with Crippen LogP contribution in [0.4, 0.5) is 0 Å². The van der Waals surface area contributed by atoms with Gasteiger partial charge in [-0.2, -0.15) is 0 Å². The molecule has 0 saturated carbocycles. The Hall–Kier alpha value is -1.10. The van der Waals surface area contributed by atoms with Crippen molar-refractivity contribution in [3.63, 3.8) is 0 Å². The molecule has 4 N–H and O–H groups in total. The molecule has 76 valence electrons. The quantitative estimate of drug-likeness (QED) is 0.452. The summed E-state index contributed by atoms with van der Waals surface area (Å²) in [7, 11) is 0. The van der Waals surface area contributed by atoms with Gasteiger partial charge in [0.05, 0.1) is 0 Å². The first-order valence-electron chi connectivity index (χ1n) is 3.89. The van der Waals surface area contributed by atoms with Crippen molar-refractivity contribution < 1.29 is 14.3 Å². The van der Waals surface area contributed by atoms with Crippen LogP contribution in [0, 0.1) is 0 Å². The SMILES string of the molecule is CC(C)(C)OC(=O)[C@@](C)(N)C(N)=O. The van der Waals surface area contributed by atoms with Crippen LogP contribution < -0.4 is 11.5 Å². The van der Waals surface area contributed by atoms with Gasteiger partial charge in [-0.1, -0.05) is 0 Å². The van der Waals surface area contributed by atoms with Crippen molar-refractivity contribution in [1.82, 2.24) is 0 Å². The number of rotatable bonds is 2. The third kappa shape index (κ3) is 3.42. The van der Waals surface area contributed by atoms with Crippen LogP contribution in [0.25, 0.3) is 0 Å². The zero-order valence-corrected chi connectivity index (χ0v) is 8.38. The molecule has 0 aliphatic rings. The molecule has 5 nitrogen and oxygen atoms in total. The van der Waals surface area contributed by atoms with E-state index in [0.29, 0.717) is 0 Å². The van der Waals surface area contributed by atoms with E-state index in [1.54, 1.807) is 20.8 Å². The molecule has 0 aromatic heterocycles. The number of esters is 1. The van der Waals surface area contributed by atoms with E-state index in [2.05, 4.69) is 0 Å². The van der Waals surface area contributed by atoms with Gasteiger partial charge in [0, 0.05) is 0 Å². The average Bonchev–Trinajstić information content (AvgIpc) is 1.82. The summed E-state index contributed by atoms with van der Waals surface area (Å²) in [6, 6.07) is 0. The highest BCUT2D eigenvalue weighted by molar-refractivity contribution is 6.06. The van der Waals surface area contributed by atoms with E-state index in [0.717, 1.165) is 0 Å². The van der Waals surface area contributed by atoms with E-state index >= 15 is 0 Å². The number of amides is 1. The fourth-order valence-electron chi connectivity index (χ4n) is 0.485. The zero-order valence-electron chi connectivity index (χ0n) is 8.38. The van der Waals surface area contributed by atoms with E-state index in [-0.39, 0.29) is 0 Å². The minimum atomic E-state index is -1.76. The highest BCUT2D eigenvalue weighted by Gasteiger charge is 2.38. The lowest BCUT2D eigenvalue weighted by atomic mass is 10.0. The number of primary amides is 1. The van der Waals surface area contributed by atoms with Crippen LogP contribution in [0.1, 0.15) is 27.7 Å². The van der Waals surface area contributed by atoms with E-state index in [9.17, 15) is 9.59 Å². The van der Waals surface area contributed by atoms with Crippen LogP contribution >= 0.6 is 0 Å². The van der Waals surface area contributed by atoms with Crippen LogP contribution in [0.15, 0.2) is 0 Å². The summed E-state index contributed by atoms with van der Waals surface area (Å²) in [6.07, 6.45) is 0. The van der Waals surface area contributed by atoms with Crippen molar-refractivity contribution in [1.29, 1.82) is 0 Å². The molecule has 0 unspecified atom stereocenters. The Morgan fingerprint density at radius 3 is 1.77 bits per heavy atom. The first-order valence-corrected chi connectivity index (χ1v) is 3.89. The Labute approximate surface area is 77.4 Å².